The Morgan fingerprint density at radius 3 is 3.00 bits per heavy atom. The van der Waals surface area contributed by atoms with Crippen molar-refractivity contribution < 1.29 is 4.42 Å². The van der Waals surface area contributed by atoms with Crippen molar-refractivity contribution in [2.24, 2.45) is 5.92 Å². The third kappa shape index (κ3) is 1.52. The highest BCUT2D eigenvalue weighted by atomic mass is 16.4. The van der Waals surface area contributed by atoms with Crippen LogP contribution in [0.15, 0.2) is 28.7 Å². The number of oxazole rings is 1. The first-order valence-corrected chi connectivity index (χ1v) is 6.24. The van der Waals surface area contributed by atoms with Gasteiger partial charge in [-0.05, 0) is 37.4 Å². The van der Waals surface area contributed by atoms with E-state index in [0.717, 1.165) is 17.0 Å². The van der Waals surface area contributed by atoms with E-state index < -0.39 is 0 Å². The fraction of sp³-hybridized carbons (Fsp3) is 0.462. The van der Waals surface area contributed by atoms with Crippen molar-refractivity contribution >= 4 is 17.1 Å². The average molecular weight is 229 g/mol. The van der Waals surface area contributed by atoms with Crippen LogP contribution in [0.2, 0.25) is 0 Å². The number of nitrogens with one attached hydrogen (secondary N) is 2. The van der Waals surface area contributed by atoms with Gasteiger partial charge in [-0.25, -0.2) is 0 Å². The molecule has 4 heteroatoms. The minimum absolute atomic E-state index is 0.474. The second-order valence-corrected chi connectivity index (χ2v) is 5.09. The predicted molar refractivity (Wildman–Crippen MR) is 65.9 cm³/mol. The molecule has 4 nitrogen and oxygen atoms in total. The van der Waals surface area contributed by atoms with Gasteiger partial charge in [-0.2, -0.15) is 4.98 Å². The van der Waals surface area contributed by atoms with Gasteiger partial charge in [-0.15, -0.1) is 0 Å². The topological polar surface area (TPSA) is 50.1 Å². The molecule has 2 aromatic rings. The van der Waals surface area contributed by atoms with E-state index in [1.807, 2.05) is 24.3 Å². The van der Waals surface area contributed by atoms with E-state index in [2.05, 4.69) is 15.6 Å². The molecule has 3 atom stereocenters. The van der Waals surface area contributed by atoms with Crippen LogP contribution in [0, 0.1) is 5.92 Å². The number of hydrogen-bond acceptors (Lipinski definition) is 4. The maximum atomic E-state index is 5.69. The molecule has 17 heavy (non-hydrogen) atoms. The normalized spacial score (nSPS) is 31.2. The lowest BCUT2D eigenvalue weighted by molar-refractivity contribution is 0.455. The van der Waals surface area contributed by atoms with Crippen LogP contribution in [0.5, 0.6) is 0 Å². The highest BCUT2D eigenvalue weighted by Gasteiger charge is 2.39. The number of anilines is 1. The summed E-state index contributed by atoms with van der Waals surface area (Å²) in [6.45, 7) is 1.18. The van der Waals surface area contributed by atoms with E-state index in [9.17, 15) is 0 Å². The third-order valence-corrected chi connectivity index (χ3v) is 3.93. The molecule has 0 amide bonds. The molecule has 1 aliphatic heterocycles. The molecule has 1 aliphatic carbocycles. The van der Waals surface area contributed by atoms with Gasteiger partial charge in [0.15, 0.2) is 5.58 Å². The number of fused-ring (bicyclic) bond motifs is 3. The van der Waals surface area contributed by atoms with Crippen molar-refractivity contribution in [2.75, 3.05) is 11.9 Å². The van der Waals surface area contributed by atoms with Gasteiger partial charge >= 0.3 is 0 Å². The predicted octanol–water partition coefficient (Wildman–Crippen LogP) is 1.99. The molecule has 1 saturated heterocycles. The minimum atomic E-state index is 0.474. The maximum absolute atomic E-state index is 5.69. The van der Waals surface area contributed by atoms with Crippen LogP contribution in [-0.4, -0.2) is 23.6 Å². The molecule has 2 heterocycles. The van der Waals surface area contributed by atoms with E-state index >= 15 is 0 Å². The third-order valence-electron chi connectivity index (χ3n) is 3.93. The molecule has 2 bridgehead atoms. The molecular formula is C13H15N3O. The highest BCUT2D eigenvalue weighted by Crippen LogP contribution is 2.33. The number of aromatic nitrogens is 1. The van der Waals surface area contributed by atoms with E-state index in [1.165, 1.54) is 19.4 Å². The molecular weight excluding hydrogens is 214 g/mol. The Morgan fingerprint density at radius 1 is 1.29 bits per heavy atom. The SMILES string of the molecule is c1ccc2oc(N[C@@H]3C[C@H]4CN[C@H]3C4)nc2c1. The van der Waals surface area contributed by atoms with E-state index in [0.29, 0.717) is 18.1 Å². The maximum Gasteiger partial charge on any atom is 0.295 e. The Kier molecular flexibility index (Phi) is 1.93. The van der Waals surface area contributed by atoms with Crippen LogP contribution in [-0.2, 0) is 0 Å². The van der Waals surface area contributed by atoms with Crippen molar-refractivity contribution in [1.82, 2.24) is 10.3 Å². The fourth-order valence-electron chi connectivity index (χ4n) is 3.11. The Morgan fingerprint density at radius 2 is 2.24 bits per heavy atom. The number of nitrogens with zero attached hydrogens (tertiary/aromatic N) is 1. The summed E-state index contributed by atoms with van der Waals surface area (Å²) in [6.07, 6.45) is 2.52. The Balaban J connectivity index is 1.59. The largest absolute Gasteiger partial charge is 0.424 e. The van der Waals surface area contributed by atoms with Gasteiger partial charge in [0.1, 0.15) is 5.52 Å². The van der Waals surface area contributed by atoms with Crippen molar-refractivity contribution in [2.45, 2.75) is 24.9 Å². The number of para-hydroxylation sites is 2. The van der Waals surface area contributed by atoms with Crippen LogP contribution in [0.3, 0.4) is 0 Å². The second kappa shape index (κ2) is 3.47. The first-order valence-electron chi connectivity index (χ1n) is 6.24. The zero-order valence-electron chi connectivity index (χ0n) is 9.52. The van der Waals surface area contributed by atoms with Gasteiger partial charge in [-0.3, -0.25) is 0 Å². The van der Waals surface area contributed by atoms with Crippen molar-refractivity contribution in [3.05, 3.63) is 24.3 Å². The van der Waals surface area contributed by atoms with Crippen molar-refractivity contribution in [3.63, 3.8) is 0 Å². The quantitative estimate of drug-likeness (QED) is 0.827. The lowest BCUT2D eigenvalue weighted by Crippen LogP contribution is -2.41. The lowest BCUT2D eigenvalue weighted by atomic mass is 10.1. The smallest absolute Gasteiger partial charge is 0.295 e. The zero-order chi connectivity index (χ0) is 11.2. The standard InChI is InChI=1S/C13H15N3O/c1-2-4-12-9(3-1)15-13(17-12)16-11-6-8-5-10(11)14-7-8/h1-4,8,10-11,14H,5-7H2,(H,15,16)/t8-,10-,11+/m0/s1. The van der Waals surface area contributed by atoms with E-state index in [4.69, 9.17) is 4.42 Å². The number of piperidine rings is 1. The molecule has 88 valence electrons. The molecule has 1 aromatic heterocycles. The van der Waals surface area contributed by atoms with Crippen molar-refractivity contribution in [3.8, 4) is 0 Å². The second-order valence-electron chi connectivity index (χ2n) is 5.09. The summed E-state index contributed by atoms with van der Waals surface area (Å²) < 4.78 is 5.69. The van der Waals surface area contributed by atoms with E-state index in [-0.39, 0.29) is 0 Å². The van der Waals surface area contributed by atoms with Crippen LogP contribution in [0.25, 0.3) is 11.1 Å². The molecule has 2 fully saturated rings. The zero-order valence-corrected chi connectivity index (χ0v) is 9.52. The summed E-state index contributed by atoms with van der Waals surface area (Å²) in [6, 6.07) is 9.60. The minimum Gasteiger partial charge on any atom is -0.424 e. The Hall–Kier alpha value is -1.55. The Labute approximate surface area is 99.4 Å². The molecule has 0 radical (unpaired) electrons. The first-order chi connectivity index (χ1) is 8.38. The van der Waals surface area contributed by atoms with Crippen LogP contribution < -0.4 is 10.6 Å². The molecule has 2 N–H and O–H groups in total. The van der Waals surface area contributed by atoms with E-state index in [1.54, 1.807) is 0 Å². The average Bonchev–Trinajstić information content (AvgIpc) is 3.01. The Bertz CT molecular complexity index is 517. The molecule has 1 aromatic carbocycles. The van der Waals surface area contributed by atoms with Gasteiger partial charge in [0.25, 0.3) is 6.01 Å². The number of benzene rings is 1. The summed E-state index contributed by atoms with van der Waals surface area (Å²) in [5.74, 6) is 0.835. The molecule has 1 saturated carbocycles. The fourth-order valence-corrected chi connectivity index (χ4v) is 3.11. The summed E-state index contributed by atoms with van der Waals surface area (Å²) in [7, 11) is 0. The molecule has 0 unspecified atom stereocenters. The number of rotatable bonds is 2. The van der Waals surface area contributed by atoms with Gasteiger partial charge in [-0.1, -0.05) is 12.1 Å². The van der Waals surface area contributed by atoms with Crippen molar-refractivity contribution in [1.29, 1.82) is 0 Å². The highest BCUT2D eigenvalue weighted by molar-refractivity contribution is 5.74. The van der Waals surface area contributed by atoms with Crippen LogP contribution in [0.1, 0.15) is 12.8 Å². The molecule has 4 rings (SSSR count). The lowest BCUT2D eigenvalue weighted by Gasteiger charge is -2.22. The number of hydrogen-bond donors (Lipinski definition) is 2. The monoisotopic (exact) mass is 229 g/mol. The van der Waals surface area contributed by atoms with Gasteiger partial charge in [0.2, 0.25) is 0 Å². The molecule has 0 spiro atoms. The molecule has 2 aliphatic rings. The summed E-state index contributed by atoms with van der Waals surface area (Å²) in [5, 5.41) is 6.95. The van der Waals surface area contributed by atoms with Gasteiger partial charge < -0.3 is 15.1 Å². The van der Waals surface area contributed by atoms with Gasteiger partial charge in [0, 0.05) is 12.1 Å². The van der Waals surface area contributed by atoms with Crippen LogP contribution in [0.4, 0.5) is 6.01 Å². The summed E-state index contributed by atoms with van der Waals surface area (Å²) in [5.41, 5.74) is 1.78. The summed E-state index contributed by atoms with van der Waals surface area (Å²) >= 11 is 0. The first kappa shape index (κ1) is 9.48. The van der Waals surface area contributed by atoms with Gasteiger partial charge in [0.05, 0.1) is 0 Å². The summed E-state index contributed by atoms with van der Waals surface area (Å²) in [4.78, 5) is 4.45. The van der Waals surface area contributed by atoms with Crippen LogP contribution >= 0.6 is 0 Å².